The molecule has 160 valence electrons. The van der Waals surface area contributed by atoms with E-state index in [-0.39, 0.29) is 11.4 Å². The summed E-state index contributed by atoms with van der Waals surface area (Å²) in [4.78, 5) is 0. The summed E-state index contributed by atoms with van der Waals surface area (Å²) < 4.78 is 25.5. The highest BCUT2D eigenvalue weighted by Crippen LogP contribution is 2.42. The van der Waals surface area contributed by atoms with Crippen molar-refractivity contribution in [1.29, 1.82) is 0 Å². The molecule has 31 heavy (non-hydrogen) atoms. The van der Waals surface area contributed by atoms with Crippen molar-refractivity contribution >= 4 is 22.9 Å². The van der Waals surface area contributed by atoms with Gasteiger partial charge in [-0.05, 0) is 68.3 Å². The molecule has 3 aromatic rings. The molecule has 0 spiro atoms. The molecule has 1 heterocycles. The predicted octanol–water partition coefficient (Wildman–Crippen LogP) is 7.34. The number of methoxy groups -OCH3 is 1. The van der Waals surface area contributed by atoms with Gasteiger partial charge in [-0.2, -0.15) is 0 Å². The summed E-state index contributed by atoms with van der Waals surface area (Å²) in [5, 5.41) is 4.20. The molecule has 0 unspecified atom stereocenters. The number of hydrogen-bond acceptors (Lipinski definition) is 3. The number of rotatable bonds is 5. The molecule has 0 amide bonds. The van der Waals surface area contributed by atoms with E-state index in [4.69, 9.17) is 21.1 Å². The second-order valence-electron chi connectivity index (χ2n) is 8.28. The third-order valence-corrected chi connectivity index (χ3v) is 5.61. The van der Waals surface area contributed by atoms with Crippen molar-refractivity contribution in [3.8, 4) is 22.6 Å². The Bertz CT molecular complexity index is 1170. The lowest BCUT2D eigenvalue weighted by molar-refractivity contribution is 0.306. The van der Waals surface area contributed by atoms with Crippen LogP contribution in [0.15, 0.2) is 60.7 Å². The average Bonchev–Trinajstić information content (AvgIpc) is 2.71. The van der Waals surface area contributed by atoms with Crippen molar-refractivity contribution in [2.24, 2.45) is 0 Å². The second kappa shape index (κ2) is 8.27. The molecule has 1 aliphatic rings. The van der Waals surface area contributed by atoms with Gasteiger partial charge in [0.25, 0.3) is 0 Å². The average molecular weight is 438 g/mol. The third kappa shape index (κ3) is 4.40. The molecule has 3 nitrogen and oxygen atoms in total. The lowest BCUT2D eigenvalue weighted by Gasteiger charge is -2.33. The molecule has 0 saturated heterocycles. The Morgan fingerprint density at radius 3 is 2.55 bits per heavy atom. The van der Waals surface area contributed by atoms with Crippen LogP contribution in [-0.2, 0) is 6.61 Å². The summed E-state index contributed by atoms with van der Waals surface area (Å²) in [5.74, 6) is 0.831. The van der Waals surface area contributed by atoms with Gasteiger partial charge in [0.1, 0.15) is 23.9 Å². The standard InChI is InChI=1S/C26H25ClFNO2/c1-16-14-26(2,3)29-23-11-10-20(21-9-8-18(28)13-24(21)30-4)22(25(16)23)15-31-19-7-5-6-17(27)12-19/h5-14,29H,15H2,1-4H3. The van der Waals surface area contributed by atoms with Crippen LogP contribution in [0.3, 0.4) is 0 Å². The van der Waals surface area contributed by atoms with Gasteiger partial charge in [0, 0.05) is 33.5 Å². The van der Waals surface area contributed by atoms with Gasteiger partial charge in [0.2, 0.25) is 0 Å². The van der Waals surface area contributed by atoms with Gasteiger partial charge >= 0.3 is 0 Å². The normalized spacial score (nSPS) is 14.3. The molecular weight excluding hydrogens is 413 g/mol. The summed E-state index contributed by atoms with van der Waals surface area (Å²) in [6.07, 6.45) is 2.21. The molecule has 1 aliphatic heterocycles. The third-order valence-electron chi connectivity index (χ3n) is 5.37. The van der Waals surface area contributed by atoms with E-state index in [0.29, 0.717) is 23.1 Å². The summed E-state index contributed by atoms with van der Waals surface area (Å²) in [7, 11) is 1.55. The predicted molar refractivity (Wildman–Crippen MR) is 126 cm³/mol. The van der Waals surface area contributed by atoms with Crippen molar-refractivity contribution in [3.05, 3.63) is 82.6 Å². The number of hydrogen-bond donors (Lipinski definition) is 1. The Kier molecular flexibility index (Phi) is 5.67. The molecule has 0 saturated carbocycles. The number of ether oxygens (including phenoxy) is 2. The quantitative estimate of drug-likeness (QED) is 0.452. The number of anilines is 1. The molecule has 4 rings (SSSR count). The first-order valence-electron chi connectivity index (χ1n) is 10.1. The van der Waals surface area contributed by atoms with Gasteiger partial charge in [-0.15, -0.1) is 0 Å². The molecule has 0 fully saturated rings. The number of allylic oxidation sites excluding steroid dienone is 1. The smallest absolute Gasteiger partial charge is 0.129 e. The molecule has 1 N–H and O–H groups in total. The minimum Gasteiger partial charge on any atom is -0.496 e. The highest BCUT2D eigenvalue weighted by molar-refractivity contribution is 6.30. The summed E-state index contributed by atoms with van der Waals surface area (Å²) in [6, 6.07) is 16.0. The van der Waals surface area contributed by atoms with Crippen LogP contribution in [0.1, 0.15) is 31.9 Å². The molecule has 0 aliphatic carbocycles. The largest absolute Gasteiger partial charge is 0.496 e. The lowest BCUT2D eigenvalue weighted by atomic mass is 9.85. The fraction of sp³-hybridized carbons (Fsp3) is 0.231. The molecule has 0 bridgehead atoms. The van der Waals surface area contributed by atoms with E-state index < -0.39 is 0 Å². The van der Waals surface area contributed by atoms with Crippen LogP contribution in [0.2, 0.25) is 5.02 Å². The van der Waals surface area contributed by atoms with Gasteiger partial charge in [-0.3, -0.25) is 0 Å². The van der Waals surface area contributed by atoms with Crippen LogP contribution < -0.4 is 14.8 Å². The first kappa shape index (κ1) is 21.3. The first-order valence-corrected chi connectivity index (χ1v) is 10.5. The molecule has 0 aromatic heterocycles. The van der Waals surface area contributed by atoms with E-state index in [0.717, 1.165) is 33.5 Å². The SMILES string of the molecule is COc1cc(F)ccc1-c1ccc2c(c1COc1cccc(Cl)c1)C(C)=CC(C)(C)N2. The molecular formula is C26H25ClFNO2. The van der Waals surface area contributed by atoms with E-state index in [1.807, 2.05) is 24.3 Å². The molecule has 5 heteroatoms. The maximum absolute atomic E-state index is 13.8. The monoisotopic (exact) mass is 437 g/mol. The van der Waals surface area contributed by atoms with Gasteiger partial charge in [-0.25, -0.2) is 4.39 Å². The zero-order chi connectivity index (χ0) is 22.2. The van der Waals surface area contributed by atoms with E-state index >= 15 is 0 Å². The minimum atomic E-state index is -0.338. The van der Waals surface area contributed by atoms with Crippen LogP contribution in [0, 0.1) is 5.82 Å². The number of halogens is 2. The Hall–Kier alpha value is -2.98. The lowest BCUT2D eigenvalue weighted by Crippen LogP contribution is -2.32. The summed E-state index contributed by atoms with van der Waals surface area (Å²) in [5.41, 5.74) is 5.88. The van der Waals surface area contributed by atoms with E-state index in [2.05, 4.69) is 38.2 Å². The number of benzene rings is 3. The van der Waals surface area contributed by atoms with E-state index in [1.54, 1.807) is 19.2 Å². The Morgan fingerprint density at radius 1 is 1.03 bits per heavy atom. The van der Waals surface area contributed by atoms with Gasteiger partial charge in [0.15, 0.2) is 0 Å². The number of fused-ring (bicyclic) bond motifs is 1. The fourth-order valence-corrected chi connectivity index (χ4v) is 4.38. The Morgan fingerprint density at radius 2 is 1.81 bits per heavy atom. The maximum atomic E-state index is 13.8. The molecule has 0 radical (unpaired) electrons. The number of nitrogens with one attached hydrogen (secondary N) is 1. The van der Waals surface area contributed by atoms with Crippen molar-refractivity contribution in [3.63, 3.8) is 0 Å². The van der Waals surface area contributed by atoms with Crippen LogP contribution in [0.5, 0.6) is 11.5 Å². The van der Waals surface area contributed by atoms with Gasteiger partial charge < -0.3 is 14.8 Å². The zero-order valence-electron chi connectivity index (χ0n) is 18.1. The van der Waals surface area contributed by atoms with Gasteiger partial charge in [0.05, 0.1) is 12.6 Å². The topological polar surface area (TPSA) is 30.5 Å². The van der Waals surface area contributed by atoms with Crippen molar-refractivity contribution in [2.75, 3.05) is 12.4 Å². The van der Waals surface area contributed by atoms with Crippen molar-refractivity contribution in [2.45, 2.75) is 32.9 Å². The van der Waals surface area contributed by atoms with Crippen LogP contribution >= 0.6 is 11.6 Å². The minimum absolute atomic E-state index is 0.156. The summed E-state index contributed by atoms with van der Waals surface area (Å²) in [6.45, 7) is 6.71. The second-order valence-corrected chi connectivity index (χ2v) is 8.72. The fourth-order valence-electron chi connectivity index (χ4n) is 4.20. The highest BCUT2D eigenvalue weighted by Gasteiger charge is 2.27. The van der Waals surface area contributed by atoms with Crippen LogP contribution in [-0.4, -0.2) is 12.6 Å². The highest BCUT2D eigenvalue weighted by atomic mass is 35.5. The Labute approximate surface area is 187 Å². The zero-order valence-corrected chi connectivity index (χ0v) is 18.8. The first-order chi connectivity index (χ1) is 14.8. The van der Waals surface area contributed by atoms with E-state index in [1.165, 1.54) is 12.1 Å². The molecule has 0 atom stereocenters. The van der Waals surface area contributed by atoms with Gasteiger partial charge in [-0.1, -0.05) is 29.8 Å². The van der Waals surface area contributed by atoms with E-state index in [9.17, 15) is 4.39 Å². The Balaban J connectivity index is 1.87. The maximum Gasteiger partial charge on any atom is 0.129 e. The molecule has 3 aromatic carbocycles. The van der Waals surface area contributed by atoms with Crippen molar-refractivity contribution in [1.82, 2.24) is 0 Å². The van der Waals surface area contributed by atoms with Crippen LogP contribution in [0.25, 0.3) is 16.7 Å². The summed E-state index contributed by atoms with van der Waals surface area (Å²) >= 11 is 6.13. The van der Waals surface area contributed by atoms with Crippen LogP contribution in [0.4, 0.5) is 10.1 Å². The van der Waals surface area contributed by atoms with Crippen molar-refractivity contribution < 1.29 is 13.9 Å².